The first-order valence-electron chi connectivity index (χ1n) is 11.6. The van der Waals surface area contributed by atoms with E-state index < -0.39 is 10.8 Å². The minimum atomic E-state index is -1.09. The predicted molar refractivity (Wildman–Crippen MR) is 136 cm³/mol. The van der Waals surface area contributed by atoms with Gasteiger partial charge in [0.25, 0.3) is 0 Å². The number of piperidine rings is 1. The summed E-state index contributed by atoms with van der Waals surface area (Å²) in [5.74, 6) is 2.91. The van der Waals surface area contributed by atoms with Crippen LogP contribution in [0.4, 0.5) is 11.8 Å². The summed E-state index contributed by atoms with van der Waals surface area (Å²) < 4.78 is 14.4. The third kappa shape index (κ3) is 4.18. The van der Waals surface area contributed by atoms with E-state index in [1.165, 1.54) is 0 Å². The van der Waals surface area contributed by atoms with Crippen molar-refractivity contribution >= 4 is 51.3 Å². The van der Waals surface area contributed by atoms with Crippen LogP contribution in [0.15, 0.2) is 34.4 Å². The maximum absolute atomic E-state index is 12.6. The molecular weight excluding hydrogens is 569 g/mol. The fraction of sp³-hybridized carbons (Fsp3) is 0.545. The molecule has 2 fully saturated rings. The lowest BCUT2D eigenvalue weighted by molar-refractivity contribution is 0.0424. The second-order valence-electron chi connectivity index (χ2n) is 9.26. The molecule has 2 N–H and O–H groups in total. The van der Waals surface area contributed by atoms with E-state index in [-0.39, 0.29) is 24.2 Å². The zero-order chi connectivity index (χ0) is 23.3. The maximum atomic E-state index is 12.6. The van der Waals surface area contributed by atoms with E-state index in [4.69, 9.17) is 19.8 Å². The quantitative estimate of drug-likeness (QED) is 0.384. The first-order valence-corrected chi connectivity index (χ1v) is 13.9. The van der Waals surface area contributed by atoms with Gasteiger partial charge >= 0.3 is 0 Å². The standard InChI is InChI=1S/C22H26IN7O3S/c23-30-19(14-1-8-24-9-2-14)27-20(33-30)15-3-10-29(11-4-15)21-25-16-5-12-34(32)17(16)18(26-21)28-22(13-31)6-7-22/h1-2,8-9,15,19,31H,3-7,10-13H2,(H,25,26,28). The molecule has 12 heteroatoms. The Morgan fingerprint density at radius 3 is 2.71 bits per heavy atom. The van der Waals surface area contributed by atoms with Crippen LogP contribution in [0, 0.1) is 5.92 Å². The summed E-state index contributed by atoms with van der Waals surface area (Å²) in [5, 5.41) is 13.2. The molecule has 2 aromatic heterocycles. The van der Waals surface area contributed by atoms with Gasteiger partial charge in [-0.05, 0) is 43.4 Å². The highest BCUT2D eigenvalue weighted by Crippen LogP contribution is 2.41. The van der Waals surface area contributed by atoms with Gasteiger partial charge in [0.15, 0.2) is 6.17 Å². The summed E-state index contributed by atoms with van der Waals surface area (Å²) >= 11 is 2.16. The lowest BCUT2D eigenvalue weighted by atomic mass is 9.97. The Hall–Kier alpha value is -1.90. The Balaban J connectivity index is 1.18. The molecule has 0 spiro atoms. The van der Waals surface area contributed by atoms with Crippen molar-refractivity contribution < 1.29 is 14.2 Å². The molecule has 0 amide bonds. The third-order valence-corrected chi connectivity index (χ3v) is 9.15. The number of rotatable bonds is 6. The van der Waals surface area contributed by atoms with Gasteiger partial charge in [-0.25, -0.2) is 9.98 Å². The Bertz CT molecular complexity index is 1140. The van der Waals surface area contributed by atoms with Gasteiger partial charge < -0.3 is 20.2 Å². The minimum Gasteiger partial charge on any atom is -0.394 e. The van der Waals surface area contributed by atoms with Crippen molar-refractivity contribution in [3.05, 3.63) is 35.8 Å². The number of nitrogens with zero attached hydrogens (tertiary/aromatic N) is 6. The van der Waals surface area contributed by atoms with Crippen molar-refractivity contribution in [1.82, 2.24) is 18.2 Å². The summed E-state index contributed by atoms with van der Waals surface area (Å²) in [6.45, 7) is 1.64. The predicted octanol–water partition coefficient (Wildman–Crippen LogP) is 2.38. The SMILES string of the molecule is O=S1CCc2nc(N3CCC(C4=NC(c5ccncc5)N(I)O4)CC3)nc(NC3(CO)CC3)c21. The van der Waals surface area contributed by atoms with Crippen LogP contribution in [0.1, 0.15) is 43.1 Å². The zero-order valence-corrected chi connectivity index (χ0v) is 21.5. The van der Waals surface area contributed by atoms with Crippen LogP contribution < -0.4 is 10.2 Å². The van der Waals surface area contributed by atoms with Gasteiger partial charge in [0, 0.05) is 43.6 Å². The smallest absolute Gasteiger partial charge is 0.227 e. The summed E-state index contributed by atoms with van der Waals surface area (Å²) in [6.07, 6.45) is 7.65. The van der Waals surface area contributed by atoms with Crippen molar-refractivity contribution in [3.63, 3.8) is 0 Å². The van der Waals surface area contributed by atoms with E-state index in [9.17, 15) is 9.32 Å². The number of aliphatic hydroxyl groups is 1. The van der Waals surface area contributed by atoms with Crippen molar-refractivity contribution in [3.8, 4) is 0 Å². The van der Waals surface area contributed by atoms with Crippen LogP contribution >= 0.6 is 22.9 Å². The van der Waals surface area contributed by atoms with E-state index in [0.717, 1.165) is 60.8 Å². The molecule has 3 aliphatic heterocycles. The number of aromatic nitrogens is 3. The number of fused-ring (bicyclic) bond motifs is 1. The van der Waals surface area contributed by atoms with Gasteiger partial charge in [0.1, 0.15) is 10.7 Å². The monoisotopic (exact) mass is 595 g/mol. The highest BCUT2D eigenvalue weighted by molar-refractivity contribution is 14.1. The van der Waals surface area contributed by atoms with Crippen LogP contribution in [0.25, 0.3) is 0 Å². The number of aliphatic hydroxyl groups excluding tert-OH is 1. The Morgan fingerprint density at radius 1 is 1.24 bits per heavy atom. The molecule has 0 aromatic carbocycles. The second-order valence-corrected chi connectivity index (χ2v) is 11.7. The van der Waals surface area contributed by atoms with Crippen LogP contribution in [-0.4, -0.2) is 64.4 Å². The molecule has 0 radical (unpaired) electrons. The molecule has 0 bridgehead atoms. The first-order chi connectivity index (χ1) is 16.5. The number of hydroxylamine groups is 1. The lowest BCUT2D eigenvalue weighted by Crippen LogP contribution is -2.38. The minimum absolute atomic E-state index is 0.0512. The third-order valence-electron chi connectivity index (χ3n) is 6.97. The largest absolute Gasteiger partial charge is 0.394 e. The number of hydrogen-bond acceptors (Lipinski definition) is 10. The molecular formula is C22H26IN7O3S. The highest BCUT2D eigenvalue weighted by atomic mass is 127. The second kappa shape index (κ2) is 8.95. The highest BCUT2D eigenvalue weighted by Gasteiger charge is 2.44. The number of hydrogen-bond donors (Lipinski definition) is 2. The van der Waals surface area contributed by atoms with E-state index in [0.29, 0.717) is 23.9 Å². The van der Waals surface area contributed by atoms with E-state index in [2.05, 4.69) is 38.1 Å². The topological polar surface area (TPSA) is 116 Å². The molecule has 4 aliphatic rings. The van der Waals surface area contributed by atoms with Crippen molar-refractivity contribution in [1.29, 1.82) is 0 Å². The molecule has 6 rings (SSSR count). The Morgan fingerprint density at radius 2 is 2.00 bits per heavy atom. The van der Waals surface area contributed by atoms with Crippen LogP contribution in [-0.2, 0) is 22.1 Å². The summed E-state index contributed by atoms with van der Waals surface area (Å²) in [6, 6.07) is 3.92. The van der Waals surface area contributed by atoms with Gasteiger partial charge in [-0.2, -0.15) is 4.98 Å². The summed E-state index contributed by atoms with van der Waals surface area (Å²) in [7, 11) is -1.09. The van der Waals surface area contributed by atoms with Gasteiger partial charge in [0.2, 0.25) is 11.8 Å². The van der Waals surface area contributed by atoms with Crippen molar-refractivity contribution in [2.75, 3.05) is 35.7 Å². The molecule has 5 heterocycles. The van der Waals surface area contributed by atoms with Crippen LogP contribution in [0.2, 0.25) is 0 Å². The van der Waals surface area contributed by atoms with Crippen molar-refractivity contribution in [2.24, 2.45) is 10.9 Å². The van der Waals surface area contributed by atoms with Gasteiger partial charge in [0.05, 0.1) is 51.5 Å². The summed E-state index contributed by atoms with van der Waals surface area (Å²) in [4.78, 5) is 27.5. The van der Waals surface area contributed by atoms with E-state index in [1.54, 1.807) is 15.7 Å². The van der Waals surface area contributed by atoms with Crippen LogP contribution in [0.5, 0.6) is 0 Å². The zero-order valence-electron chi connectivity index (χ0n) is 18.6. The van der Waals surface area contributed by atoms with E-state index in [1.807, 2.05) is 12.1 Å². The first kappa shape index (κ1) is 22.6. The Labute approximate surface area is 214 Å². The number of halogens is 1. The number of aliphatic imine (C=N–C) groups is 1. The van der Waals surface area contributed by atoms with Crippen molar-refractivity contribution in [2.45, 2.75) is 48.7 Å². The fourth-order valence-electron chi connectivity index (χ4n) is 4.70. The lowest BCUT2D eigenvalue weighted by Gasteiger charge is -2.32. The number of pyridine rings is 1. The van der Waals surface area contributed by atoms with Crippen LogP contribution in [0.3, 0.4) is 0 Å². The maximum Gasteiger partial charge on any atom is 0.227 e. The van der Waals surface area contributed by atoms with Gasteiger partial charge in [-0.15, -0.1) is 0 Å². The molecule has 180 valence electrons. The number of aryl methyl sites for hydroxylation is 1. The molecule has 34 heavy (non-hydrogen) atoms. The molecule has 10 nitrogen and oxygen atoms in total. The molecule has 2 atom stereocenters. The molecule has 2 aromatic rings. The molecule has 2 unspecified atom stereocenters. The Kier molecular flexibility index (Phi) is 5.94. The van der Waals surface area contributed by atoms with E-state index >= 15 is 0 Å². The number of nitrogens with one attached hydrogen (secondary N) is 1. The fourth-order valence-corrected chi connectivity index (χ4v) is 6.65. The number of anilines is 2. The van der Waals surface area contributed by atoms with Gasteiger partial charge in [-0.3, -0.25) is 9.19 Å². The average Bonchev–Trinajstić information content (AvgIpc) is 3.38. The summed E-state index contributed by atoms with van der Waals surface area (Å²) in [5.41, 5.74) is 1.59. The average molecular weight is 595 g/mol. The molecule has 1 saturated heterocycles. The van der Waals surface area contributed by atoms with Gasteiger partial charge in [-0.1, -0.05) is 3.28 Å². The molecule has 1 saturated carbocycles. The normalized spacial score (nSPS) is 26.2. The molecule has 1 aliphatic carbocycles.